The number of thiophene rings is 2. The first-order valence-corrected chi connectivity index (χ1v) is 21.5. The Morgan fingerprint density at radius 3 is 2.12 bits per heavy atom. The van der Waals surface area contributed by atoms with E-state index >= 15 is 0 Å². The fourth-order valence-corrected chi connectivity index (χ4v) is 10.6. The second kappa shape index (κ2) is 17.0. The van der Waals surface area contributed by atoms with E-state index in [1.54, 1.807) is 61.1 Å². The van der Waals surface area contributed by atoms with Crippen molar-refractivity contribution < 1.29 is 33.0 Å². The number of aromatic nitrogens is 6. The van der Waals surface area contributed by atoms with Gasteiger partial charge in [-0.3, -0.25) is 9.59 Å². The van der Waals surface area contributed by atoms with Crippen LogP contribution in [-0.2, 0) is 0 Å². The summed E-state index contributed by atoms with van der Waals surface area (Å²) < 4.78 is 22.7. The molecule has 58 heavy (non-hydrogen) atoms. The summed E-state index contributed by atoms with van der Waals surface area (Å²) >= 11 is 4.05. The van der Waals surface area contributed by atoms with Crippen molar-refractivity contribution in [2.45, 2.75) is 14.5 Å². The van der Waals surface area contributed by atoms with Gasteiger partial charge in [0.05, 0.1) is 42.3 Å². The fraction of sp³-hybridized carbons (Fsp3) is 0.100. The van der Waals surface area contributed by atoms with Gasteiger partial charge in [0.25, 0.3) is 0 Å². The molecule has 14 nitrogen and oxygen atoms in total. The van der Waals surface area contributed by atoms with Crippen LogP contribution in [0.4, 0.5) is 5.69 Å². The quantitative estimate of drug-likeness (QED) is 0.0383. The van der Waals surface area contributed by atoms with Crippen LogP contribution in [-0.4, -0.2) is 72.8 Å². The predicted octanol–water partition coefficient (Wildman–Crippen LogP) is 8.62. The number of phenols is 1. The molecule has 18 heteroatoms. The summed E-state index contributed by atoms with van der Waals surface area (Å²) in [6.45, 7) is 0. The number of hydrogen-bond donors (Lipinski definition) is 3. The van der Waals surface area contributed by atoms with Gasteiger partial charge in [-0.15, -0.1) is 54.0 Å². The zero-order valence-corrected chi connectivity index (χ0v) is 33.9. The molecule has 1 unspecified atom stereocenters. The summed E-state index contributed by atoms with van der Waals surface area (Å²) in [6, 6.07) is 24.5. The monoisotopic (exact) mass is 849 g/mol. The minimum Gasteiger partial charge on any atom is -0.502 e. The summed E-state index contributed by atoms with van der Waals surface area (Å²) in [6.07, 6.45) is 3.09. The minimum absolute atomic E-state index is 0.0267. The molecule has 6 heterocycles. The smallest absolute Gasteiger partial charge is 0.210 e. The van der Waals surface area contributed by atoms with E-state index in [1.165, 1.54) is 49.0 Å². The van der Waals surface area contributed by atoms with Crippen molar-refractivity contribution in [3.63, 3.8) is 0 Å². The number of furan rings is 2. The maximum atomic E-state index is 13.9. The second-order valence-electron chi connectivity index (χ2n) is 12.2. The largest absolute Gasteiger partial charge is 0.502 e. The van der Waals surface area contributed by atoms with Crippen molar-refractivity contribution in [1.29, 1.82) is 0 Å². The Morgan fingerprint density at radius 2 is 1.47 bits per heavy atom. The number of thiol groups is 1. The first kappa shape index (κ1) is 38.5. The number of carbonyl (C=O) groups is 2. The number of aromatic hydroxyl groups is 1. The lowest BCUT2D eigenvalue weighted by Crippen LogP contribution is -2.10. The van der Waals surface area contributed by atoms with E-state index in [0.717, 1.165) is 25.7 Å². The van der Waals surface area contributed by atoms with Gasteiger partial charge in [-0.1, -0.05) is 17.8 Å². The minimum atomic E-state index is -1.54. The number of rotatable bonds is 15. The van der Waals surface area contributed by atoms with Crippen molar-refractivity contribution in [3.05, 3.63) is 114 Å². The number of anilines is 1. The molecule has 0 aliphatic rings. The Balaban J connectivity index is 1.16. The summed E-state index contributed by atoms with van der Waals surface area (Å²) in [5, 5.41) is 31.0. The molecule has 292 valence electrons. The number of benzene rings is 2. The van der Waals surface area contributed by atoms with Crippen molar-refractivity contribution in [2.75, 3.05) is 31.5 Å². The van der Waals surface area contributed by atoms with E-state index in [1.807, 2.05) is 29.6 Å². The number of phenolic OH excluding ortho intramolecular Hbond substituents is 1. The topological polar surface area (TPSA) is 202 Å². The first-order valence-electron chi connectivity index (χ1n) is 17.3. The Kier molecular flexibility index (Phi) is 11.3. The summed E-state index contributed by atoms with van der Waals surface area (Å²) in [5.74, 6) is 0.639. The van der Waals surface area contributed by atoms with Gasteiger partial charge in [0.15, 0.2) is 45.4 Å². The van der Waals surface area contributed by atoms with Gasteiger partial charge in [-0.2, -0.15) is 0 Å². The molecule has 3 N–H and O–H groups in total. The average Bonchev–Trinajstić information content (AvgIpc) is 4.11. The Bertz CT molecular complexity index is 2680. The zero-order valence-electron chi connectivity index (χ0n) is 30.6. The lowest BCUT2D eigenvalue weighted by Gasteiger charge is -2.18. The van der Waals surface area contributed by atoms with Crippen LogP contribution in [0.1, 0.15) is 20.7 Å². The van der Waals surface area contributed by atoms with E-state index in [2.05, 4.69) is 20.4 Å². The lowest BCUT2D eigenvalue weighted by molar-refractivity contribution is 0.101. The summed E-state index contributed by atoms with van der Waals surface area (Å²) in [7, 11) is 1.25. The third-order valence-corrected chi connectivity index (χ3v) is 14.1. The van der Waals surface area contributed by atoms with Crippen LogP contribution in [0.2, 0.25) is 0 Å². The molecule has 0 radical (unpaired) electrons. The number of nitrogen functional groups attached to an aromatic ring is 1. The molecule has 1 atom stereocenters. The third-order valence-electron chi connectivity index (χ3n) is 8.61. The molecule has 0 saturated heterocycles. The van der Waals surface area contributed by atoms with Crippen molar-refractivity contribution in [2.24, 2.45) is 0 Å². The SMILES string of the molecule is COc1cc(C(=O)CSc2nnc(-c3cccs3)c(-c3ccc([SH](CC(=O)c4ccc(N)cc4)c4nnc(-c5ccco5)c(-c5ccco5)n4)s3)n2)cc(OC)c1O. The average molecular weight is 850 g/mol. The number of thioether (sulfide) groups is 1. The molecule has 0 aliphatic carbocycles. The number of Topliss-reactive ketones (excluding diaryl/α,β-unsaturated/α-hetero) is 2. The van der Waals surface area contributed by atoms with Gasteiger partial charge in [-0.05, 0) is 84.2 Å². The van der Waals surface area contributed by atoms with Gasteiger partial charge >= 0.3 is 0 Å². The Morgan fingerprint density at radius 1 is 0.759 bits per heavy atom. The maximum Gasteiger partial charge on any atom is 0.210 e. The van der Waals surface area contributed by atoms with Crippen molar-refractivity contribution in [3.8, 4) is 61.3 Å². The molecule has 0 aliphatic heterocycles. The van der Waals surface area contributed by atoms with Gasteiger partial charge in [-0.25, -0.2) is 9.97 Å². The highest BCUT2D eigenvalue weighted by Gasteiger charge is 2.26. The van der Waals surface area contributed by atoms with Crippen LogP contribution in [0.25, 0.3) is 44.1 Å². The molecule has 0 amide bonds. The maximum absolute atomic E-state index is 13.9. The van der Waals surface area contributed by atoms with E-state index in [0.29, 0.717) is 50.7 Å². The normalized spacial score (nSPS) is 12.0. The highest BCUT2D eigenvalue weighted by Crippen LogP contribution is 2.50. The lowest BCUT2D eigenvalue weighted by atomic mass is 10.1. The number of carbonyl (C=O) groups excluding carboxylic acids is 2. The molecular weight excluding hydrogens is 819 g/mol. The molecule has 0 bridgehead atoms. The van der Waals surface area contributed by atoms with Crippen LogP contribution in [0.3, 0.4) is 0 Å². The van der Waals surface area contributed by atoms with E-state index in [4.69, 9.17) is 34.0 Å². The Hall–Kier alpha value is -6.34. The van der Waals surface area contributed by atoms with E-state index < -0.39 is 10.9 Å². The molecule has 2 aromatic carbocycles. The number of hydrogen-bond acceptors (Lipinski definition) is 17. The highest BCUT2D eigenvalue weighted by molar-refractivity contribution is 8.18. The Labute approximate surface area is 345 Å². The van der Waals surface area contributed by atoms with Crippen molar-refractivity contribution >= 4 is 62.6 Å². The zero-order chi connectivity index (χ0) is 40.2. The molecular formula is C40H31N7O7S4. The van der Waals surface area contributed by atoms with E-state index in [-0.39, 0.29) is 51.0 Å². The number of nitrogens with two attached hydrogens (primary N) is 1. The van der Waals surface area contributed by atoms with E-state index in [9.17, 15) is 14.7 Å². The van der Waals surface area contributed by atoms with Crippen LogP contribution in [0.5, 0.6) is 17.2 Å². The molecule has 8 rings (SSSR count). The van der Waals surface area contributed by atoms with Crippen LogP contribution >= 0.6 is 45.3 Å². The highest BCUT2D eigenvalue weighted by atomic mass is 32.2. The van der Waals surface area contributed by atoms with Gasteiger partial charge in [0, 0.05) is 26.8 Å². The molecule has 6 aromatic heterocycles. The number of ether oxygens (including phenoxy) is 2. The van der Waals surface area contributed by atoms with Crippen LogP contribution < -0.4 is 15.2 Å². The van der Waals surface area contributed by atoms with Gasteiger partial charge < -0.3 is 29.1 Å². The van der Waals surface area contributed by atoms with Gasteiger partial charge in [0.2, 0.25) is 10.9 Å². The fourth-order valence-electron chi connectivity index (χ4n) is 5.74. The van der Waals surface area contributed by atoms with Crippen LogP contribution in [0.15, 0.2) is 126 Å². The molecule has 8 aromatic rings. The number of ketones is 2. The number of nitrogens with zero attached hydrogens (tertiary/aromatic N) is 6. The summed E-state index contributed by atoms with van der Waals surface area (Å²) in [4.78, 5) is 38.8. The van der Waals surface area contributed by atoms with Crippen LogP contribution in [0, 0.1) is 0 Å². The summed E-state index contributed by atoms with van der Waals surface area (Å²) in [5.41, 5.74) is 9.22. The number of methoxy groups -OCH3 is 2. The van der Waals surface area contributed by atoms with Crippen molar-refractivity contribution in [1.82, 2.24) is 30.4 Å². The predicted molar refractivity (Wildman–Crippen MR) is 224 cm³/mol. The second-order valence-corrected chi connectivity index (χ2v) is 17.6. The third kappa shape index (κ3) is 8.08. The standard InChI is InChI=1S/C40H31N7O7S4/c1-51-29-18-23(19-30(52-2)38(29)50)25(48)20-56-39-42-36(37(45-46-39)31-8-5-17-55-31)32-13-14-33(57-32)58(21-26(49)22-9-11-24(41)12-10-22)40-43-34(27-6-3-15-53-27)35(44-47-40)28-7-4-16-54-28/h3-19,50,58H,20-21,41H2,1-2H3. The van der Waals surface area contributed by atoms with Gasteiger partial charge in [0.1, 0.15) is 17.1 Å². The molecule has 0 spiro atoms. The molecule has 0 saturated carbocycles. The molecule has 0 fully saturated rings. The first-order chi connectivity index (χ1) is 28.3.